The number of aliphatic hydroxyl groups is 1. The number of anilines is 2. The number of pyridine rings is 1. The lowest BCUT2D eigenvalue weighted by Crippen LogP contribution is -2.38. The highest BCUT2D eigenvalue weighted by Crippen LogP contribution is 2.31. The third kappa shape index (κ3) is 5.35. The molecule has 0 saturated carbocycles. The topological polar surface area (TPSA) is 67.1 Å². The molecule has 172 valence electrons. The molecule has 0 bridgehead atoms. The number of aromatic nitrogens is 1. The molecule has 0 spiro atoms. The molecule has 2 N–H and O–H groups in total. The lowest BCUT2D eigenvalue weighted by Gasteiger charge is -2.14. The summed E-state index contributed by atoms with van der Waals surface area (Å²) >= 11 is 5.75. The third-order valence-corrected chi connectivity index (χ3v) is 5.33. The fraction of sp³-hybridized carbons (Fsp3) is 0.200. The Kier molecular flexibility index (Phi) is 7.74. The predicted molar refractivity (Wildman–Crippen MR) is 135 cm³/mol. The molecule has 0 aliphatic rings. The van der Waals surface area contributed by atoms with Crippen molar-refractivity contribution in [2.75, 3.05) is 45.6 Å². The second-order valence-electron chi connectivity index (χ2n) is 7.28. The van der Waals surface area contributed by atoms with Crippen LogP contribution < -0.4 is 29.0 Å². The average Bonchev–Trinajstić information content (AvgIpc) is 2.84. The van der Waals surface area contributed by atoms with E-state index in [1.165, 1.54) is 0 Å². The van der Waals surface area contributed by atoms with E-state index in [9.17, 15) is 5.11 Å². The van der Waals surface area contributed by atoms with Crippen molar-refractivity contribution in [2.45, 2.75) is 0 Å². The molecular weight excluding hydrogens is 438 g/mol. The molecule has 1 heterocycles. The molecule has 0 saturated heterocycles. The van der Waals surface area contributed by atoms with Crippen molar-refractivity contribution in [1.82, 2.24) is 0 Å². The smallest absolute Gasteiger partial charge is 0.288 e. The van der Waals surface area contributed by atoms with Crippen molar-refractivity contribution in [1.29, 1.82) is 0 Å². The van der Waals surface area contributed by atoms with Gasteiger partial charge in [-0.05, 0) is 30.3 Å². The first-order chi connectivity index (χ1) is 15.9. The first-order valence-corrected chi connectivity index (χ1v) is 10.6. The molecule has 3 rings (SSSR count). The average molecular weight is 467 g/mol. The normalized spacial score (nSPS) is 11.3. The van der Waals surface area contributed by atoms with Crippen LogP contribution >= 0.6 is 12.2 Å². The lowest BCUT2D eigenvalue weighted by atomic mass is 10.1. The molecule has 0 aliphatic heterocycles. The number of nitrogens with one attached hydrogen (secondary N) is 1. The van der Waals surface area contributed by atoms with E-state index in [1.54, 1.807) is 44.1 Å². The summed E-state index contributed by atoms with van der Waals surface area (Å²) in [5.74, 6) is 1.68. The Hall–Kier alpha value is -3.78. The number of rotatable bonds is 8. The number of hydrogen-bond acceptors (Lipinski definition) is 6. The van der Waals surface area contributed by atoms with Gasteiger partial charge in [0.05, 0.1) is 27.0 Å². The maximum Gasteiger partial charge on any atom is 0.288 e. The van der Waals surface area contributed by atoms with E-state index >= 15 is 0 Å². The van der Waals surface area contributed by atoms with Gasteiger partial charge < -0.3 is 29.5 Å². The highest BCUT2D eigenvalue weighted by Gasteiger charge is 2.25. The van der Waals surface area contributed by atoms with Crippen LogP contribution in [-0.2, 0) is 0 Å². The van der Waals surface area contributed by atoms with Crippen LogP contribution in [0.3, 0.4) is 0 Å². The van der Waals surface area contributed by atoms with Gasteiger partial charge >= 0.3 is 0 Å². The first-order valence-electron chi connectivity index (χ1n) is 10.2. The summed E-state index contributed by atoms with van der Waals surface area (Å²) in [4.78, 5) is 2.31. The molecule has 1 aromatic heterocycles. The van der Waals surface area contributed by atoms with E-state index in [0.29, 0.717) is 39.2 Å². The van der Waals surface area contributed by atoms with Crippen molar-refractivity contribution in [3.8, 4) is 17.2 Å². The van der Waals surface area contributed by atoms with E-state index in [2.05, 4.69) is 5.32 Å². The molecule has 0 fully saturated rings. The molecule has 3 aromatic rings. The fourth-order valence-corrected chi connectivity index (χ4v) is 3.57. The fourth-order valence-electron chi connectivity index (χ4n) is 3.26. The van der Waals surface area contributed by atoms with Crippen LogP contribution in [0, 0.1) is 0 Å². The summed E-state index contributed by atoms with van der Waals surface area (Å²) in [6.07, 6.45) is 3.69. The minimum atomic E-state index is -0.0223. The monoisotopic (exact) mass is 466 g/mol. The van der Waals surface area contributed by atoms with Gasteiger partial charge in [-0.3, -0.25) is 0 Å². The Labute approximate surface area is 199 Å². The Morgan fingerprint density at radius 1 is 0.879 bits per heavy atom. The highest BCUT2D eigenvalue weighted by molar-refractivity contribution is 7.81. The summed E-state index contributed by atoms with van der Waals surface area (Å²) < 4.78 is 17.9. The molecule has 0 unspecified atom stereocenters. The second kappa shape index (κ2) is 10.7. The van der Waals surface area contributed by atoms with Crippen LogP contribution in [0.1, 0.15) is 5.56 Å². The van der Waals surface area contributed by atoms with Gasteiger partial charge in [-0.2, -0.15) is 4.57 Å². The Morgan fingerprint density at radius 3 is 2.12 bits per heavy atom. The van der Waals surface area contributed by atoms with Crippen LogP contribution in [0.5, 0.6) is 17.2 Å². The molecule has 0 aliphatic carbocycles. The van der Waals surface area contributed by atoms with Crippen molar-refractivity contribution in [3.05, 3.63) is 72.6 Å². The van der Waals surface area contributed by atoms with Gasteiger partial charge in [-0.1, -0.05) is 24.4 Å². The number of methoxy groups -OCH3 is 3. The van der Waals surface area contributed by atoms with Crippen LogP contribution in [-0.4, -0.2) is 45.5 Å². The second-order valence-corrected chi connectivity index (χ2v) is 7.69. The summed E-state index contributed by atoms with van der Waals surface area (Å²) in [5.41, 5.74) is 2.62. The maximum atomic E-state index is 11.4. The molecule has 2 aromatic carbocycles. The number of aliphatic hydroxyl groups excluding tert-OH is 1. The number of thiocarbonyl (C=S) groups is 1. The van der Waals surface area contributed by atoms with Crippen molar-refractivity contribution < 1.29 is 23.9 Å². The quantitative estimate of drug-likeness (QED) is 0.221. The van der Waals surface area contributed by atoms with Crippen LogP contribution in [0.2, 0.25) is 0 Å². The van der Waals surface area contributed by atoms with Crippen LogP contribution in [0.15, 0.2) is 67.0 Å². The number of hydrogen-bond donors (Lipinski definition) is 2. The Balaban J connectivity index is 2.13. The van der Waals surface area contributed by atoms with Gasteiger partial charge in [0.25, 0.3) is 5.70 Å². The summed E-state index contributed by atoms with van der Waals surface area (Å²) in [7, 11) is 8.63. The van der Waals surface area contributed by atoms with E-state index < -0.39 is 0 Å². The molecule has 0 radical (unpaired) electrons. The summed E-state index contributed by atoms with van der Waals surface area (Å²) in [6.45, 7) is 0. The Morgan fingerprint density at radius 2 is 1.52 bits per heavy atom. The SMILES string of the molecule is COc1ccccc1NC(=S)C(=C(O)c1ccc(OC)c(OC)c1)[n+]1ccc(N(C)C)cc1. The minimum Gasteiger partial charge on any atom is -0.502 e. The number of para-hydroxylation sites is 2. The summed E-state index contributed by atoms with van der Waals surface area (Å²) in [6, 6.07) is 16.5. The number of ether oxygens (including phenoxy) is 3. The predicted octanol–water partition coefficient (Wildman–Crippen LogP) is 4.39. The van der Waals surface area contributed by atoms with Gasteiger partial charge in [0, 0.05) is 37.5 Å². The van der Waals surface area contributed by atoms with E-state index in [0.717, 1.165) is 5.69 Å². The Bertz CT molecular complexity index is 1160. The molecule has 8 heteroatoms. The minimum absolute atomic E-state index is 0.0223. The highest BCUT2D eigenvalue weighted by atomic mass is 32.1. The van der Waals surface area contributed by atoms with Crippen molar-refractivity contribution >= 4 is 40.0 Å². The van der Waals surface area contributed by atoms with Gasteiger partial charge in [0.15, 0.2) is 34.6 Å². The largest absolute Gasteiger partial charge is 0.502 e. The molecule has 33 heavy (non-hydrogen) atoms. The van der Waals surface area contributed by atoms with E-state index in [-0.39, 0.29) is 5.76 Å². The third-order valence-electron chi connectivity index (χ3n) is 5.04. The van der Waals surface area contributed by atoms with Gasteiger partial charge in [-0.25, -0.2) is 0 Å². The molecular formula is C25H28N3O4S+. The zero-order valence-corrected chi connectivity index (χ0v) is 20.1. The van der Waals surface area contributed by atoms with Crippen molar-refractivity contribution in [2.24, 2.45) is 0 Å². The van der Waals surface area contributed by atoms with Crippen molar-refractivity contribution in [3.63, 3.8) is 0 Å². The molecule has 0 amide bonds. The zero-order valence-electron chi connectivity index (χ0n) is 19.3. The van der Waals surface area contributed by atoms with Crippen LogP contribution in [0.4, 0.5) is 11.4 Å². The molecule has 0 atom stereocenters. The van der Waals surface area contributed by atoms with Gasteiger partial charge in [0.1, 0.15) is 5.75 Å². The lowest BCUT2D eigenvalue weighted by molar-refractivity contribution is -0.575. The molecule has 7 nitrogen and oxygen atoms in total. The van der Waals surface area contributed by atoms with Gasteiger partial charge in [-0.15, -0.1) is 0 Å². The van der Waals surface area contributed by atoms with E-state index in [1.807, 2.05) is 67.8 Å². The van der Waals surface area contributed by atoms with E-state index in [4.69, 9.17) is 26.4 Å². The first kappa shape index (κ1) is 23.9. The maximum absolute atomic E-state index is 11.4. The standard InChI is InChI=1S/C25H27N3O4S/c1-27(2)18-12-14-28(15-13-18)23(25(33)26-19-8-6-7-9-20(19)30-3)24(29)17-10-11-21(31-4)22(16-17)32-5/h6-16H,1-5H3,(H-,26,29,33)/p+1. The van der Waals surface area contributed by atoms with Crippen LogP contribution in [0.25, 0.3) is 11.5 Å². The van der Waals surface area contributed by atoms with Gasteiger partial charge in [0.2, 0.25) is 0 Å². The zero-order chi connectivity index (χ0) is 24.0. The number of nitrogens with zero attached hydrogens (tertiary/aromatic N) is 2. The summed E-state index contributed by atoms with van der Waals surface area (Å²) in [5, 5.41) is 14.6. The number of benzene rings is 2.